The highest BCUT2D eigenvalue weighted by Gasteiger charge is 2.27. The maximum atomic E-state index is 11.5. The van der Waals surface area contributed by atoms with Crippen molar-refractivity contribution in [2.24, 2.45) is 0 Å². The summed E-state index contributed by atoms with van der Waals surface area (Å²) >= 11 is 5.56. The van der Waals surface area contributed by atoms with Gasteiger partial charge in [0.05, 0.1) is 0 Å². The van der Waals surface area contributed by atoms with Gasteiger partial charge in [-0.15, -0.1) is 11.6 Å². The van der Waals surface area contributed by atoms with Gasteiger partial charge in [-0.2, -0.15) is 0 Å². The zero-order valence-corrected chi connectivity index (χ0v) is 8.97. The van der Waals surface area contributed by atoms with Crippen molar-refractivity contribution >= 4 is 17.5 Å². The molecule has 1 saturated heterocycles. The van der Waals surface area contributed by atoms with Gasteiger partial charge in [0, 0.05) is 18.6 Å². The lowest BCUT2D eigenvalue weighted by Crippen LogP contribution is -2.46. The van der Waals surface area contributed by atoms with Gasteiger partial charge in [-0.3, -0.25) is 4.79 Å². The smallest absolute Gasteiger partial charge is 0.238 e. The molecule has 1 rings (SSSR count). The predicted molar refractivity (Wildman–Crippen MR) is 54.0 cm³/mol. The Balaban J connectivity index is 2.60. The molecule has 13 heavy (non-hydrogen) atoms. The minimum absolute atomic E-state index is 0.0466. The van der Waals surface area contributed by atoms with E-state index in [2.05, 4.69) is 5.32 Å². The Morgan fingerprint density at radius 2 is 2.38 bits per heavy atom. The monoisotopic (exact) mass is 204 g/mol. The number of carbonyl (C=O) groups is 1. The summed E-state index contributed by atoms with van der Waals surface area (Å²) in [5.41, 5.74) is 0. The van der Waals surface area contributed by atoms with E-state index in [-0.39, 0.29) is 17.8 Å². The summed E-state index contributed by atoms with van der Waals surface area (Å²) in [7, 11) is 0. The number of hydrogen-bond donors (Lipinski definition) is 1. The Morgan fingerprint density at radius 1 is 1.69 bits per heavy atom. The third-order valence-electron chi connectivity index (χ3n) is 2.39. The summed E-state index contributed by atoms with van der Waals surface area (Å²) in [6.07, 6.45) is 1.04. The van der Waals surface area contributed by atoms with Crippen molar-refractivity contribution < 1.29 is 4.79 Å². The van der Waals surface area contributed by atoms with E-state index in [0.29, 0.717) is 6.04 Å². The van der Waals surface area contributed by atoms with Gasteiger partial charge in [0.1, 0.15) is 5.88 Å². The maximum absolute atomic E-state index is 11.5. The molecule has 3 nitrogen and oxygen atoms in total. The largest absolute Gasteiger partial charge is 0.335 e. The summed E-state index contributed by atoms with van der Waals surface area (Å²) < 4.78 is 0. The van der Waals surface area contributed by atoms with Crippen molar-refractivity contribution in [1.82, 2.24) is 10.2 Å². The number of carbonyl (C=O) groups excluding carboxylic acids is 1. The van der Waals surface area contributed by atoms with Crippen LogP contribution in [0.1, 0.15) is 20.3 Å². The first-order chi connectivity index (χ1) is 6.16. The first-order valence-corrected chi connectivity index (χ1v) is 5.28. The number of rotatable bonds is 3. The standard InChI is InChI=1S/C9H17ClN2O/c1-7(2)12(9(13)5-10)8-3-4-11-6-8/h7-8,11H,3-6H2,1-2H3. The van der Waals surface area contributed by atoms with Gasteiger partial charge in [0.25, 0.3) is 0 Å². The average molecular weight is 205 g/mol. The minimum atomic E-state index is 0.0466. The minimum Gasteiger partial charge on any atom is -0.335 e. The van der Waals surface area contributed by atoms with E-state index in [1.54, 1.807) is 0 Å². The normalized spacial score (nSPS) is 22.3. The lowest BCUT2D eigenvalue weighted by Gasteiger charge is -2.31. The zero-order valence-electron chi connectivity index (χ0n) is 8.22. The number of nitrogens with zero attached hydrogens (tertiary/aromatic N) is 1. The molecular weight excluding hydrogens is 188 g/mol. The zero-order chi connectivity index (χ0) is 9.84. The number of amides is 1. The van der Waals surface area contributed by atoms with Gasteiger partial charge in [0.2, 0.25) is 5.91 Å². The molecule has 1 aliphatic heterocycles. The van der Waals surface area contributed by atoms with E-state index >= 15 is 0 Å². The summed E-state index contributed by atoms with van der Waals surface area (Å²) in [4.78, 5) is 13.4. The third-order valence-corrected chi connectivity index (χ3v) is 2.61. The molecule has 76 valence electrons. The fourth-order valence-electron chi connectivity index (χ4n) is 1.86. The summed E-state index contributed by atoms with van der Waals surface area (Å²) in [5, 5.41) is 3.25. The average Bonchev–Trinajstić information content (AvgIpc) is 2.56. The molecular formula is C9H17ClN2O. The fourth-order valence-corrected chi connectivity index (χ4v) is 2.00. The van der Waals surface area contributed by atoms with Crippen molar-refractivity contribution in [3.63, 3.8) is 0 Å². The van der Waals surface area contributed by atoms with E-state index in [4.69, 9.17) is 11.6 Å². The van der Waals surface area contributed by atoms with E-state index in [0.717, 1.165) is 19.5 Å². The molecule has 0 radical (unpaired) electrons. The maximum Gasteiger partial charge on any atom is 0.238 e. The number of nitrogens with one attached hydrogen (secondary N) is 1. The van der Waals surface area contributed by atoms with Gasteiger partial charge >= 0.3 is 0 Å². The quantitative estimate of drug-likeness (QED) is 0.691. The molecule has 1 heterocycles. The fraction of sp³-hybridized carbons (Fsp3) is 0.889. The van der Waals surface area contributed by atoms with Gasteiger partial charge in [-0.05, 0) is 26.8 Å². The predicted octanol–water partition coefficient (Wildman–Crippen LogP) is 0.824. The highest BCUT2D eigenvalue weighted by molar-refractivity contribution is 6.27. The second kappa shape index (κ2) is 4.82. The second-order valence-electron chi connectivity index (χ2n) is 3.68. The Labute approximate surface area is 84.4 Å². The van der Waals surface area contributed by atoms with Crippen LogP contribution < -0.4 is 5.32 Å². The number of hydrogen-bond acceptors (Lipinski definition) is 2. The lowest BCUT2D eigenvalue weighted by molar-refractivity contribution is -0.132. The summed E-state index contributed by atoms with van der Waals surface area (Å²) in [5.74, 6) is 0.139. The second-order valence-corrected chi connectivity index (χ2v) is 3.94. The van der Waals surface area contributed by atoms with Gasteiger partial charge in [-0.25, -0.2) is 0 Å². The van der Waals surface area contributed by atoms with Crippen LogP contribution in [0.15, 0.2) is 0 Å². The molecule has 0 spiro atoms. The van der Waals surface area contributed by atoms with Crippen molar-refractivity contribution in [1.29, 1.82) is 0 Å². The van der Waals surface area contributed by atoms with Crippen molar-refractivity contribution in [2.45, 2.75) is 32.4 Å². The van der Waals surface area contributed by atoms with Gasteiger partial charge < -0.3 is 10.2 Å². The van der Waals surface area contributed by atoms with Crippen molar-refractivity contribution in [2.75, 3.05) is 19.0 Å². The third kappa shape index (κ3) is 2.58. The van der Waals surface area contributed by atoms with Crippen molar-refractivity contribution in [3.8, 4) is 0 Å². The number of halogens is 1. The molecule has 1 fully saturated rings. The lowest BCUT2D eigenvalue weighted by atomic mass is 10.2. The highest BCUT2D eigenvalue weighted by atomic mass is 35.5. The van der Waals surface area contributed by atoms with Crippen LogP contribution in [-0.4, -0.2) is 41.9 Å². The van der Waals surface area contributed by atoms with E-state index in [9.17, 15) is 4.79 Å². The van der Waals surface area contributed by atoms with Crippen LogP contribution in [0, 0.1) is 0 Å². The van der Waals surface area contributed by atoms with Gasteiger partial charge in [-0.1, -0.05) is 0 Å². The van der Waals surface area contributed by atoms with Crippen LogP contribution in [-0.2, 0) is 4.79 Å². The molecule has 0 aromatic carbocycles. The van der Waals surface area contributed by atoms with Crippen LogP contribution in [0.2, 0.25) is 0 Å². The molecule has 0 aliphatic carbocycles. The first-order valence-electron chi connectivity index (χ1n) is 4.74. The molecule has 1 aliphatic rings. The molecule has 1 unspecified atom stereocenters. The molecule has 0 aromatic rings. The summed E-state index contributed by atoms with van der Waals surface area (Å²) in [6.45, 7) is 5.97. The van der Waals surface area contributed by atoms with Crippen LogP contribution in [0.25, 0.3) is 0 Å². The number of alkyl halides is 1. The Morgan fingerprint density at radius 3 is 2.77 bits per heavy atom. The van der Waals surface area contributed by atoms with E-state index in [1.807, 2.05) is 18.7 Å². The van der Waals surface area contributed by atoms with Crippen molar-refractivity contribution in [3.05, 3.63) is 0 Å². The van der Waals surface area contributed by atoms with Crippen LogP contribution >= 0.6 is 11.6 Å². The molecule has 1 atom stereocenters. The molecule has 0 bridgehead atoms. The van der Waals surface area contributed by atoms with Crippen LogP contribution in [0.4, 0.5) is 0 Å². The molecule has 1 N–H and O–H groups in total. The van der Waals surface area contributed by atoms with Gasteiger partial charge in [0.15, 0.2) is 0 Å². The Hall–Kier alpha value is -0.280. The van der Waals surface area contributed by atoms with E-state index < -0.39 is 0 Å². The Bertz CT molecular complexity index is 178. The Kier molecular flexibility index (Phi) is 4.00. The molecule has 4 heteroatoms. The van der Waals surface area contributed by atoms with Crippen LogP contribution in [0.5, 0.6) is 0 Å². The summed E-state index contributed by atoms with van der Waals surface area (Å²) in [6, 6.07) is 0.586. The van der Waals surface area contributed by atoms with Crippen LogP contribution in [0.3, 0.4) is 0 Å². The topological polar surface area (TPSA) is 32.3 Å². The molecule has 1 amide bonds. The molecule has 0 aromatic heterocycles. The van der Waals surface area contributed by atoms with E-state index in [1.165, 1.54) is 0 Å². The SMILES string of the molecule is CC(C)N(C(=O)CCl)C1CCNC1. The first kappa shape index (κ1) is 10.8. The highest BCUT2D eigenvalue weighted by Crippen LogP contribution is 2.13. The molecule has 0 saturated carbocycles.